The number of nitrogens with one attached hydrogen (secondary N) is 1. The molecule has 2 aliphatic rings. The number of aromatic nitrogens is 1. The van der Waals surface area contributed by atoms with Crippen molar-refractivity contribution in [2.24, 2.45) is 0 Å². The van der Waals surface area contributed by atoms with Crippen molar-refractivity contribution >= 4 is 11.5 Å². The smallest absolute Gasteiger partial charge is 0.416 e. The zero-order chi connectivity index (χ0) is 23.8. The second-order valence-electron chi connectivity index (χ2n) is 8.65. The van der Waals surface area contributed by atoms with Crippen molar-refractivity contribution in [2.75, 3.05) is 23.4 Å². The number of hydrogen-bond acceptors (Lipinski definition) is 6. The number of nitrogens with zero attached hydrogens (tertiary/aromatic N) is 2. The van der Waals surface area contributed by atoms with Crippen molar-refractivity contribution in [1.29, 1.82) is 0 Å². The lowest BCUT2D eigenvalue weighted by atomic mass is 10.0. The van der Waals surface area contributed by atoms with Crippen LogP contribution in [0.4, 0.5) is 24.7 Å². The molecule has 0 atom stereocenters. The summed E-state index contributed by atoms with van der Waals surface area (Å²) in [6.07, 6.45) is -0.873. The Morgan fingerprint density at radius 3 is 2.59 bits per heavy atom. The standard InChI is InChI=1S/C25H24F3N3O3/c26-25(27,28)20-3-1-2-18(14-20)15-31-12-13-33-21-8-11-29-23(22(21)31)30-24(9-10-24)19-6-4-17(5-7-19)16-34-32/h1-8,11,14,32H,9-10,12-13,15-16H2,(H,29,30). The summed E-state index contributed by atoms with van der Waals surface area (Å²) < 4.78 is 45.4. The molecule has 2 N–H and O–H groups in total. The molecule has 0 spiro atoms. The summed E-state index contributed by atoms with van der Waals surface area (Å²) in [6, 6.07) is 15.0. The number of hydrogen-bond donors (Lipinski definition) is 2. The monoisotopic (exact) mass is 471 g/mol. The fourth-order valence-electron chi connectivity index (χ4n) is 4.38. The van der Waals surface area contributed by atoms with Gasteiger partial charge >= 0.3 is 6.18 Å². The molecule has 9 heteroatoms. The second kappa shape index (κ2) is 8.81. The molecular weight excluding hydrogens is 447 g/mol. The van der Waals surface area contributed by atoms with Gasteiger partial charge in [-0.2, -0.15) is 13.2 Å². The Kier molecular flexibility index (Phi) is 5.83. The predicted octanol–water partition coefficient (Wildman–Crippen LogP) is 5.59. The third-order valence-electron chi connectivity index (χ3n) is 6.30. The minimum Gasteiger partial charge on any atom is -0.489 e. The van der Waals surface area contributed by atoms with Gasteiger partial charge in [-0.25, -0.2) is 9.87 Å². The molecule has 0 saturated heterocycles. The van der Waals surface area contributed by atoms with Crippen molar-refractivity contribution in [3.63, 3.8) is 0 Å². The molecule has 6 nitrogen and oxygen atoms in total. The maximum absolute atomic E-state index is 13.2. The molecule has 1 aliphatic heterocycles. The molecule has 1 saturated carbocycles. The molecule has 0 radical (unpaired) electrons. The number of anilines is 2. The van der Waals surface area contributed by atoms with Gasteiger partial charge < -0.3 is 15.0 Å². The van der Waals surface area contributed by atoms with Gasteiger partial charge in [0.15, 0.2) is 5.82 Å². The maximum Gasteiger partial charge on any atom is 0.416 e. The maximum atomic E-state index is 13.2. The van der Waals surface area contributed by atoms with Gasteiger partial charge in [0.2, 0.25) is 0 Å². The largest absolute Gasteiger partial charge is 0.489 e. The summed E-state index contributed by atoms with van der Waals surface area (Å²) in [4.78, 5) is 10.8. The fraction of sp³-hybridized carbons (Fsp3) is 0.320. The molecule has 2 heterocycles. The average molecular weight is 471 g/mol. The fourth-order valence-corrected chi connectivity index (χ4v) is 4.38. The van der Waals surface area contributed by atoms with E-state index < -0.39 is 11.7 Å². The van der Waals surface area contributed by atoms with E-state index in [2.05, 4.69) is 15.2 Å². The van der Waals surface area contributed by atoms with E-state index in [1.807, 2.05) is 29.2 Å². The number of pyridine rings is 1. The Morgan fingerprint density at radius 1 is 1.09 bits per heavy atom. The van der Waals surface area contributed by atoms with Crippen LogP contribution in [0.5, 0.6) is 5.75 Å². The van der Waals surface area contributed by atoms with Crippen LogP contribution in [0.1, 0.15) is 35.1 Å². The molecule has 1 aliphatic carbocycles. The van der Waals surface area contributed by atoms with E-state index in [0.29, 0.717) is 36.8 Å². The van der Waals surface area contributed by atoms with E-state index in [0.717, 1.165) is 35.7 Å². The zero-order valence-electron chi connectivity index (χ0n) is 18.3. The number of fused-ring (bicyclic) bond motifs is 1. The van der Waals surface area contributed by atoms with Crippen LogP contribution in [0.25, 0.3) is 0 Å². The lowest BCUT2D eigenvalue weighted by Gasteiger charge is -2.34. The molecule has 1 aromatic heterocycles. The summed E-state index contributed by atoms with van der Waals surface area (Å²) in [5.74, 6) is 1.30. The molecule has 0 bridgehead atoms. The second-order valence-corrected chi connectivity index (χ2v) is 8.65. The molecule has 3 aromatic rings. The van der Waals surface area contributed by atoms with E-state index in [4.69, 9.17) is 9.99 Å². The number of benzene rings is 2. The van der Waals surface area contributed by atoms with Crippen LogP contribution in [0.3, 0.4) is 0 Å². The van der Waals surface area contributed by atoms with Gasteiger partial charge in [-0.15, -0.1) is 0 Å². The van der Waals surface area contributed by atoms with Gasteiger partial charge in [-0.05, 0) is 41.7 Å². The topological polar surface area (TPSA) is 66.9 Å². The van der Waals surface area contributed by atoms with Gasteiger partial charge in [0.1, 0.15) is 24.7 Å². The van der Waals surface area contributed by atoms with Crippen molar-refractivity contribution in [1.82, 2.24) is 4.98 Å². The molecule has 178 valence electrons. The molecule has 5 rings (SSSR count). The Labute approximate surface area is 194 Å². The molecular formula is C25H24F3N3O3. The lowest BCUT2D eigenvalue weighted by molar-refractivity contribution is -0.253. The predicted molar refractivity (Wildman–Crippen MR) is 121 cm³/mol. The van der Waals surface area contributed by atoms with E-state index in [9.17, 15) is 13.2 Å². The Balaban J connectivity index is 1.42. The van der Waals surface area contributed by atoms with Crippen LogP contribution >= 0.6 is 0 Å². The molecule has 0 amide bonds. The molecule has 34 heavy (non-hydrogen) atoms. The number of alkyl halides is 3. The highest BCUT2D eigenvalue weighted by atomic mass is 19.4. The van der Waals surface area contributed by atoms with Gasteiger partial charge in [-0.3, -0.25) is 5.26 Å². The first-order chi connectivity index (χ1) is 16.4. The van der Waals surface area contributed by atoms with Gasteiger partial charge in [0.25, 0.3) is 0 Å². The highest BCUT2D eigenvalue weighted by molar-refractivity contribution is 5.75. The molecule has 0 unspecified atom stereocenters. The minimum absolute atomic E-state index is 0.121. The SMILES string of the molecule is OOCc1ccc(C2(Nc3nccc4c3N(Cc3cccc(C(F)(F)F)c3)CCO4)CC2)cc1. The van der Waals surface area contributed by atoms with Crippen LogP contribution in [-0.4, -0.2) is 23.4 Å². The Bertz CT molecular complexity index is 1160. The van der Waals surface area contributed by atoms with Crippen LogP contribution in [0.15, 0.2) is 60.8 Å². The molecule has 1 fully saturated rings. The third-order valence-corrected chi connectivity index (χ3v) is 6.30. The van der Waals surface area contributed by atoms with Crippen LogP contribution in [0.2, 0.25) is 0 Å². The normalized spacial score (nSPS) is 16.5. The Hall–Kier alpha value is -3.30. The van der Waals surface area contributed by atoms with E-state index in [-0.39, 0.29) is 12.1 Å². The number of ether oxygens (including phenoxy) is 1. The van der Waals surface area contributed by atoms with Gasteiger partial charge in [-0.1, -0.05) is 36.4 Å². The summed E-state index contributed by atoms with van der Waals surface area (Å²) in [5.41, 5.74) is 2.34. The minimum atomic E-state index is -4.38. The number of halogens is 3. The Morgan fingerprint density at radius 2 is 1.88 bits per heavy atom. The highest BCUT2D eigenvalue weighted by Gasteiger charge is 2.45. The molecule has 2 aromatic carbocycles. The average Bonchev–Trinajstić information content (AvgIpc) is 3.60. The number of rotatable bonds is 7. The summed E-state index contributed by atoms with van der Waals surface area (Å²) >= 11 is 0. The summed E-state index contributed by atoms with van der Waals surface area (Å²) in [5, 5.41) is 12.2. The van der Waals surface area contributed by atoms with Gasteiger partial charge in [0, 0.05) is 18.8 Å². The van der Waals surface area contributed by atoms with E-state index in [1.54, 1.807) is 18.3 Å². The van der Waals surface area contributed by atoms with Crippen LogP contribution in [0, 0.1) is 0 Å². The van der Waals surface area contributed by atoms with Gasteiger partial charge in [0.05, 0.1) is 17.6 Å². The first-order valence-corrected chi connectivity index (χ1v) is 11.0. The summed E-state index contributed by atoms with van der Waals surface area (Å²) in [6.45, 7) is 1.40. The van der Waals surface area contributed by atoms with Crippen molar-refractivity contribution in [2.45, 2.75) is 37.7 Å². The van der Waals surface area contributed by atoms with Crippen LogP contribution in [-0.2, 0) is 29.8 Å². The summed E-state index contributed by atoms with van der Waals surface area (Å²) in [7, 11) is 0. The highest BCUT2D eigenvalue weighted by Crippen LogP contribution is 2.50. The lowest BCUT2D eigenvalue weighted by Crippen LogP contribution is -2.34. The van der Waals surface area contributed by atoms with Crippen LogP contribution < -0.4 is 15.0 Å². The first kappa shape index (κ1) is 22.5. The first-order valence-electron chi connectivity index (χ1n) is 11.0. The van der Waals surface area contributed by atoms with E-state index in [1.165, 1.54) is 12.1 Å². The quantitative estimate of drug-likeness (QED) is 0.346. The third kappa shape index (κ3) is 4.53. The van der Waals surface area contributed by atoms with E-state index >= 15 is 0 Å². The van der Waals surface area contributed by atoms with Crippen molar-refractivity contribution < 1.29 is 28.1 Å². The zero-order valence-corrected chi connectivity index (χ0v) is 18.3. The van der Waals surface area contributed by atoms with Crippen molar-refractivity contribution in [3.8, 4) is 5.75 Å². The van der Waals surface area contributed by atoms with Crippen molar-refractivity contribution in [3.05, 3.63) is 83.0 Å².